The lowest BCUT2D eigenvalue weighted by molar-refractivity contribution is -0.167. The number of nitrogens with one attached hydrogen (secondary N) is 1. The van der Waals surface area contributed by atoms with Gasteiger partial charge >= 0.3 is 12.1 Å². The number of alkyl halides is 3. The Morgan fingerprint density at radius 2 is 2.12 bits per heavy atom. The molecule has 0 radical (unpaired) electrons. The normalized spacial score (nSPS) is 11.8. The van der Waals surface area contributed by atoms with Gasteiger partial charge < -0.3 is 5.32 Å². The molecule has 1 aromatic carbocycles. The molecule has 0 unspecified atom stereocenters. The number of hydrogen-bond donors (Lipinski definition) is 1. The molecule has 0 bridgehead atoms. The summed E-state index contributed by atoms with van der Waals surface area (Å²) in [7, 11) is 0. The molecule has 2 aromatic rings. The zero-order chi connectivity index (χ0) is 12.6. The number of rotatable bonds is 1. The monoisotopic (exact) mass is 260 g/mol. The van der Waals surface area contributed by atoms with E-state index >= 15 is 0 Å². The fourth-order valence-corrected chi connectivity index (χ4v) is 2.24. The van der Waals surface area contributed by atoms with Gasteiger partial charge in [-0.1, -0.05) is 12.1 Å². The third kappa shape index (κ3) is 2.23. The predicted octanol–water partition coefficient (Wildman–Crippen LogP) is 3.11. The number of aromatic nitrogens is 1. The molecule has 7 heteroatoms. The van der Waals surface area contributed by atoms with Gasteiger partial charge in [-0.15, -0.1) is 0 Å². The quantitative estimate of drug-likeness (QED) is 0.856. The average Bonchev–Trinajstić information content (AvgIpc) is 2.61. The number of amides is 1. The van der Waals surface area contributed by atoms with Crippen LogP contribution in [0.3, 0.4) is 0 Å². The molecule has 90 valence electrons. The first-order chi connectivity index (χ1) is 7.89. The summed E-state index contributed by atoms with van der Waals surface area (Å²) < 4.78 is 40.9. The van der Waals surface area contributed by atoms with Crippen molar-refractivity contribution in [3.05, 3.63) is 23.8 Å². The minimum absolute atomic E-state index is 0.0366. The molecule has 1 amide bonds. The maximum Gasteiger partial charge on any atom is 0.471 e. The second-order valence-corrected chi connectivity index (χ2v) is 4.24. The Kier molecular flexibility index (Phi) is 2.78. The van der Waals surface area contributed by atoms with E-state index < -0.39 is 12.1 Å². The molecule has 0 fully saturated rings. The summed E-state index contributed by atoms with van der Waals surface area (Å²) in [5, 5.41) is 2.33. The molecule has 0 aliphatic rings. The van der Waals surface area contributed by atoms with Crippen molar-refractivity contribution >= 4 is 33.3 Å². The summed E-state index contributed by atoms with van der Waals surface area (Å²) in [6.45, 7) is 1.75. The van der Waals surface area contributed by atoms with Crippen molar-refractivity contribution in [2.24, 2.45) is 0 Å². The van der Waals surface area contributed by atoms with Crippen LogP contribution in [-0.2, 0) is 4.79 Å². The number of aryl methyl sites for hydroxylation is 1. The summed E-state index contributed by atoms with van der Waals surface area (Å²) in [5.74, 6) is -2.04. The number of hydrogen-bond acceptors (Lipinski definition) is 3. The summed E-state index contributed by atoms with van der Waals surface area (Å²) in [4.78, 5) is 10.8. The highest BCUT2D eigenvalue weighted by Crippen LogP contribution is 2.30. The van der Waals surface area contributed by atoms with Crippen molar-refractivity contribution in [2.75, 3.05) is 5.32 Å². The zero-order valence-electron chi connectivity index (χ0n) is 8.63. The summed E-state index contributed by atoms with van der Waals surface area (Å²) >= 11 is 1.05. The second-order valence-electron chi connectivity index (χ2n) is 3.43. The van der Waals surface area contributed by atoms with Crippen LogP contribution in [0.5, 0.6) is 0 Å². The van der Waals surface area contributed by atoms with Crippen molar-refractivity contribution in [2.45, 2.75) is 13.1 Å². The minimum Gasteiger partial charge on any atom is -0.301 e. The third-order valence-electron chi connectivity index (χ3n) is 2.20. The van der Waals surface area contributed by atoms with Crippen molar-refractivity contribution in [1.29, 1.82) is 0 Å². The average molecular weight is 260 g/mol. The van der Waals surface area contributed by atoms with Crippen LogP contribution in [0.15, 0.2) is 18.2 Å². The Labute approximate surface area is 98.4 Å². The Hall–Kier alpha value is -1.63. The molecule has 17 heavy (non-hydrogen) atoms. The molecule has 1 heterocycles. The number of nitrogens with zero attached hydrogens (tertiary/aromatic N) is 1. The number of carbonyl (C=O) groups is 1. The molecule has 1 aromatic heterocycles. The SMILES string of the molecule is Cc1cccc2snc(NC(=O)C(F)(F)F)c12. The summed E-state index contributed by atoms with van der Waals surface area (Å²) in [6.07, 6.45) is -4.90. The van der Waals surface area contributed by atoms with Gasteiger partial charge in [0, 0.05) is 5.39 Å². The standard InChI is InChI=1S/C10H7F3N2OS/c1-5-3-2-4-6-7(5)8(15-17-6)14-9(16)10(11,12)13/h2-4H,1H3,(H,14,15,16). The molecule has 2 rings (SSSR count). The predicted molar refractivity (Wildman–Crippen MR) is 59.0 cm³/mol. The minimum atomic E-state index is -4.90. The molecule has 0 atom stereocenters. The fraction of sp³-hybridized carbons (Fsp3) is 0.200. The lowest BCUT2D eigenvalue weighted by atomic mass is 10.1. The Morgan fingerprint density at radius 3 is 2.76 bits per heavy atom. The van der Waals surface area contributed by atoms with Gasteiger partial charge in [0.15, 0.2) is 5.82 Å². The van der Waals surface area contributed by atoms with Crippen LogP contribution in [0, 0.1) is 6.92 Å². The molecule has 0 saturated carbocycles. The first-order valence-corrected chi connectivity index (χ1v) is 5.40. The lowest BCUT2D eigenvalue weighted by Crippen LogP contribution is -2.30. The van der Waals surface area contributed by atoms with Crippen LogP contribution >= 0.6 is 11.5 Å². The number of benzene rings is 1. The van der Waals surface area contributed by atoms with E-state index in [1.165, 1.54) is 0 Å². The van der Waals surface area contributed by atoms with Crippen LogP contribution in [0.25, 0.3) is 10.1 Å². The summed E-state index contributed by atoms with van der Waals surface area (Å²) in [6, 6.07) is 5.27. The Bertz CT molecular complexity index is 576. The van der Waals surface area contributed by atoms with Gasteiger partial charge in [0.25, 0.3) is 0 Å². The van der Waals surface area contributed by atoms with Gasteiger partial charge in [0.1, 0.15) is 0 Å². The number of anilines is 1. The molecule has 0 spiro atoms. The summed E-state index contributed by atoms with van der Waals surface area (Å²) in [5.41, 5.74) is 0.772. The Balaban J connectivity index is 2.41. The Morgan fingerprint density at radius 1 is 1.41 bits per heavy atom. The van der Waals surface area contributed by atoms with Crippen LogP contribution < -0.4 is 5.32 Å². The maximum atomic E-state index is 12.1. The smallest absolute Gasteiger partial charge is 0.301 e. The van der Waals surface area contributed by atoms with Crippen molar-refractivity contribution in [3.63, 3.8) is 0 Å². The highest BCUT2D eigenvalue weighted by Gasteiger charge is 2.39. The molecule has 1 N–H and O–H groups in total. The van der Waals surface area contributed by atoms with E-state index in [4.69, 9.17) is 0 Å². The van der Waals surface area contributed by atoms with Crippen molar-refractivity contribution in [3.8, 4) is 0 Å². The molecule has 0 saturated heterocycles. The van der Waals surface area contributed by atoms with E-state index in [-0.39, 0.29) is 5.82 Å². The highest BCUT2D eigenvalue weighted by molar-refractivity contribution is 7.13. The fourth-order valence-electron chi connectivity index (χ4n) is 1.42. The van der Waals surface area contributed by atoms with E-state index in [1.807, 2.05) is 0 Å². The zero-order valence-corrected chi connectivity index (χ0v) is 9.45. The van der Waals surface area contributed by atoms with E-state index in [0.717, 1.165) is 21.8 Å². The van der Waals surface area contributed by atoms with Crippen molar-refractivity contribution in [1.82, 2.24) is 4.37 Å². The second kappa shape index (κ2) is 3.99. The molecular weight excluding hydrogens is 253 g/mol. The number of halogens is 3. The number of fused-ring (bicyclic) bond motifs is 1. The van der Waals surface area contributed by atoms with Crippen molar-refractivity contribution < 1.29 is 18.0 Å². The number of carbonyl (C=O) groups excluding carboxylic acids is 1. The van der Waals surface area contributed by atoms with Crippen LogP contribution in [0.2, 0.25) is 0 Å². The first kappa shape index (κ1) is 11.8. The van der Waals surface area contributed by atoms with Gasteiger partial charge in [0.2, 0.25) is 0 Å². The van der Waals surface area contributed by atoms with E-state index in [2.05, 4.69) is 4.37 Å². The largest absolute Gasteiger partial charge is 0.471 e. The molecule has 0 aliphatic carbocycles. The van der Waals surface area contributed by atoms with E-state index in [9.17, 15) is 18.0 Å². The topological polar surface area (TPSA) is 42.0 Å². The third-order valence-corrected chi connectivity index (χ3v) is 3.01. The maximum absolute atomic E-state index is 12.1. The van der Waals surface area contributed by atoms with Gasteiger partial charge in [-0.3, -0.25) is 4.79 Å². The highest BCUT2D eigenvalue weighted by atomic mass is 32.1. The lowest BCUT2D eigenvalue weighted by Gasteiger charge is -2.06. The van der Waals surface area contributed by atoms with Crippen LogP contribution in [0.1, 0.15) is 5.56 Å². The van der Waals surface area contributed by atoms with Gasteiger partial charge in [-0.05, 0) is 30.1 Å². The van der Waals surface area contributed by atoms with Gasteiger partial charge in [-0.25, -0.2) is 0 Å². The van der Waals surface area contributed by atoms with Crippen LogP contribution in [-0.4, -0.2) is 16.5 Å². The molecule has 3 nitrogen and oxygen atoms in total. The molecular formula is C10H7F3N2OS. The molecule has 0 aliphatic heterocycles. The van der Waals surface area contributed by atoms with Crippen LogP contribution in [0.4, 0.5) is 19.0 Å². The van der Waals surface area contributed by atoms with E-state index in [1.54, 1.807) is 30.4 Å². The first-order valence-electron chi connectivity index (χ1n) is 4.63. The van der Waals surface area contributed by atoms with Gasteiger partial charge in [-0.2, -0.15) is 17.5 Å². The van der Waals surface area contributed by atoms with E-state index in [0.29, 0.717) is 5.39 Å². The van der Waals surface area contributed by atoms with Gasteiger partial charge in [0.05, 0.1) is 4.70 Å².